The summed E-state index contributed by atoms with van der Waals surface area (Å²) in [5.41, 5.74) is 0.936. The van der Waals surface area contributed by atoms with Gasteiger partial charge in [0.25, 0.3) is 0 Å². The maximum Gasteiger partial charge on any atom is 0.163 e. The maximum atomic E-state index is 10.8. The van der Waals surface area contributed by atoms with Gasteiger partial charge < -0.3 is 24.7 Å². The van der Waals surface area contributed by atoms with Crippen molar-refractivity contribution in [3.63, 3.8) is 0 Å². The first kappa shape index (κ1) is 13.0. The van der Waals surface area contributed by atoms with E-state index in [9.17, 15) is 9.90 Å². The monoisotopic (exact) mass is 269 g/mol. The van der Waals surface area contributed by atoms with Gasteiger partial charge in [-0.05, 0) is 18.2 Å². The number of hydrogen-bond acceptors (Lipinski definition) is 5. The van der Waals surface area contributed by atoms with Gasteiger partial charge in [-0.2, -0.15) is 0 Å². The summed E-state index contributed by atoms with van der Waals surface area (Å²) in [7, 11) is 3.20. The molecule has 5 nitrogen and oxygen atoms in total. The topological polar surface area (TPSA) is 75.2 Å². The van der Waals surface area contributed by atoms with Gasteiger partial charge in [0, 0.05) is 0 Å². The Bertz CT molecular complexity index is 452. The molecule has 1 aromatic carbocycles. The Hall–Kier alpha value is -1.40. The predicted octanol–water partition coefficient (Wildman–Crippen LogP) is -0.869. The number of aliphatic carboxylic acids is 1. The van der Waals surface area contributed by atoms with E-state index < -0.39 is 12.0 Å². The molecule has 1 heterocycles. The Morgan fingerprint density at radius 2 is 2.22 bits per heavy atom. The molecule has 0 aliphatic carbocycles. The number of methoxy groups -OCH3 is 2. The molecule has 1 fully saturated rings. The average molecular weight is 269 g/mol. The molecule has 6 heteroatoms. The molecule has 0 radical (unpaired) electrons. The minimum atomic E-state index is -1.02. The molecule has 1 aliphatic heterocycles. The SMILES string of the molecule is COc1ccc(OC)c([C@H]2[NH2+][C@@H](C(=O)[O-])CS2)c1. The van der Waals surface area contributed by atoms with E-state index in [1.54, 1.807) is 31.3 Å². The third-order valence-electron chi connectivity index (χ3n) is 2.91. The first-order valence-electron chi connectivity index (χ1n) is 5.55. The lowest BCUT2D eigenvalue weighted by molar-refractivity contribution is -0.690. The van der Waals surface area contributed by atoms with Gasteiger partial charge in [-0.15, -0.1) is 0 Å². The van der Waals surface area contributed by atoms with Crippen LogP contribution in [0.1, 0.15) is 10.9 Å². The van der Waals surface area contributed by atoms with Gasteiger partial charge in [0.15, 0.2) is 5.37 Å². The Morgan fingerprint density at radius 3 is 2.78 bits per heavy atom. The Kier molecular flexibility index (Phi) is 3.98. The Morgan fingerprint density at radius 1 is 1.44 bits per heavy atom. The second kappa shape index (κ2) is 5.49. The fourth-order valence-electron chi connectivity index (χ4n) is 1.93. The third-order valence-corrected chi connectivity index (χ3v) is 4.23. The van der Waals surface area contributed by atoms with Crippen LogP contribution in [-0.4, -0.2) is 32.0 Å². The van der Waals surface area contributed by atoms with Gasteiger partial charge in [0.2, 0.25) is 0 Å². The lowest BCUT2D eigenvalue weighted by Gasteiger charge is -2.15. The zero-order chi connectivity index (χ0) is 13.1. The first-order valence-corrected chi connectivity index (χ1v) is 6.60. The zero-order valence-corrected chi connectivity index (χ0v) is 11.0. The molecule has 0 aromatic heterocycles. The van der Waals surface area contributed by atoms with Crippen molar-refractivity contribution in [3.05, 3.63) is 23.8 Å². The fraction of sp³-hybridized carbons (Fsp3) is 0.417. The van der Waals surface area contributed by atoms with Crippen molar-refractivity contribution in [1.82, 2.24) is 0 Å². The normalized spacial score (nSPS) is 22.8. The van der Waals surface area contributed by atoms with Crippen molar-refractivity contribution >= 4 is 17.7 Å². The minimum Gasteiger partial charge on any atom is -0.544 e. The largest absolute Gasteiger partial charge is 0.544 e. The van der Waals surface area contributed by atoms with E-state index >= 15 is 0 Å². The van der Waals surface area contributed by atoms with E-state index in [0.717, 1.165) is 17.1 Å². The second-order valence-corrected chi connectivity index (χ2v) is 5.15. The van der Waals surface area contributed by atoms with E-state index in [1.807, 2.05) is 18.2 Å². The number of benzene rings is 1. The molecule has 1 aliphatic rings. The third kappa shape index (κ3) is 2.54. The first-order chi connectivity index (χ1) is 8.65. The number of carbonyl (C=O) groups is 1. The van der Waals surface area contributed by atoms with Gasteiger partial charge in [0.05, 0.1) is 25.5 Å². The Balaban J connectivity index is 2.24. The number of carboxylic acids is 1. The highest BCUT2D eigenvalue weighted by atomic mass is 32.2. The van der Waals surface area contributed by atoms with Crippen molar-refractivity contribution in [1.29, 1.82) is 0 Å². The highest BCUT2D eigenvalue weighted by Crippen LogP contribution is 2.35. The average Bonchev–Trinajstić information content (AvgIpc) is 2.87. The molecule has 2 atom stereocenters. The van der Waals surface area contributed by atoms with Crippen LogP contribution >= 0.6 is 11.8 Å². The number of rotatable bonds is 4. The number of quaternary nitrogens is 1. The summed E-state index contributed by atoms with van der Waals surface area (Å²) in [6.45, 7) is 0. The summed E-state index contributed by atoms with van der Waals surface area (Å²) in [5, 5.41) is 12.6. The Labute approximate surface area is 109 Å². The zero-order valence-electron chi connectivity index (χ0n) is 10.2. The number of hydrogen-bond donors (Lipinski definition) is 1. The second-order valence-electron chi connectivity index (χ2n) is 3.98. The molecule has 0 spiro atoms. The van der Waals surface area contributed by atoms with Crippen LogP contribution in [0.3, 0.4) is 0 Å². The van der Waals surface area contributed by atoms with Crippen molar-refractivity contribution in [2.24, 2.45) is 0 Å². The summed E-state index contributed by atoms with van der Waals surface area (Å²) in [6.07, 6.45) is 0. The van der Waals surface area contributed by atoms with Crippen molar-refractivity contribution in [2.45, 2.75) is 11.4 Å². The molecule has 0 unspecified atom stereocenters. The van der Waals surface area contributed by atoms with Gasteiger partial charge in [-0.3, -0.25) is 0 Å². The molecule has 1 aromatic rings. The van der Waals surface area contributed by atoms with Crippen molar-refractivity contribution in [3.8, 4) is 11.5 Å². The lowest BCUT2D eigenvalue weighted by Crippen LogP contribution is -2.90. The highest BCUT2D eigenvalue weighted by molar-refractivity contribution is 7.99. The molecule has 1 saturated heterocycles. The van der Waals surface area contributed by atoms with Crippen LogP contribution in [0.4, 0.5) is 0 Å². The number of carboxylic acid groups (broad SMARTS) is 1. The van der Waals surface area contributed by atoms with Gasteiger partial charge >= 0.3 is 0 Å². The van der Waals surface area contributed by atoms with Crippen LogP contribution in [0.15, 0.2) is 18.2 Å². The summed E-state index contributed by atoms with van der Waals surface area (Å²) >= 11 is 1.57. The lowest BCUT2D eigenvalue weighted by atomic mass is 10.1. The van der Waals surface area contributed by atoms with Gasteiger partial charge in [-0.25, -0.2) is 0 Å². The van der Waals surface area contributed by atoms with Crippen molar-refractivity contribution in [2.75, 3.05) is 20.0 Å². The minimum absolute atomic E-state index is 0.00190. The fourth-order valence-corrected chi connectivity index (χ4v) is 3.26. The van der Waals surface area contributed by atoms with Crippen LogP contribution in [-0.2, 0) is 4.79 Å². The molecular weight excluding hydrogens is 254 g/mol. The number of ether oxygens (including phenoxy) is 2. The van der Waals surface area contributed by atoms with E-state index in [1.165, 1.54) is 0 Å². The van der Waals surface area contributed by atoms with E-state index in [-0.39, 0.29) is 5.37 Å². The van der Waals surface area contributed by atoms with E-state index in [2.05, 4.69) is 0 Å². The highest BCUT2D eigenvalue weighted by Gasteiger charge is 2.32. The molecule has 0 amide bonds. The summed E-state index contributed by atoms with van der Waals surface area (Å²) in [6, 6.07) is 5.02. The summed E-state index contributed by atoms with van der Waals surface area (Å²) in [5.74, 6) is 0.986. The van der Waals surface area contributed by atoms with Gasteiger partial charge in [0.1, 0.15) is 23.5 Å². The maximum absolute atomic E-state index is 10.8. The molecule has 98 valence electrons. The summed E-state index contributed by atoms with van der Waals surface area (Å²) < 4.78 is 10.5. The smallest absolute Gasteiger partial charge is 0.163 e. The van der Waals surface area contributed by atoms with Crippen molar-refractivity contribution < 1.29 is 24.7 Å². The van der Waals surface area contributed by atoms with Crippen LogP contribution in [0.25, 0.3) is 0 Å². The molecule has 2 N–H and O–H groups in total. The van der Waals surface area contributed by atoms with E-state index in [4.69, 9.17) is 9.47 Å². The molecule has 2 rings (SSSR count). The standard InChI is InChI=1S/C12H15NO4S/c1-16-7-3-4-10(17-2)8(5-7)11-13-9(6-18-11)12(14)15/h3-5,9,11,13H,6H2,1-2H3,(H,14,15)/t9-,11+/m1/s1. The van der Waals surface area contributed by atoms with Crippen LogP contribution in [0.5, 0.6) is 11.5 Å². The molecule has 0 bridgehead atoms. The quantitative estimate of drug-likeness (QED) is 0.769. The van der Waals surface area contributed by atoms with Crippen LogP contribution in [0, 0.1) is 0 Å². The van der Waals surface area contributed by atoms with Crippen LogP contribution < -0.4 is 19.9 Å². The van der Waals surface area contributed by atoms with Crippen LogP contribution in [0.2, 0.25) is 0 Å². The predicted molar refractivity (Wildman–Crippen MR) is 65.5 cm³/mol. The molecular formula is C12H15NO4S. The number of carbonyl (C=O) groups excluding carboxylic acids is 1. The number of thioether (sulfide) groups is 1. The van der Waals surface area contributed by atoms with E-state index in [0.29, 0.717) is 5.75 Å². The number of nitrogens with two attached hydrogens (primary N) is 1. The summed E-state index contributed by atoms with van der Waals surface area (Å²) in [4.78, 5) is 10.8. The molecule has 18 heavy (non-hydrogen) atoms. The molecule has 0 saturated carbocycles. The van der Waals surface area contributed by atoms with Gasteiger partial charge in [-0.1, -0.05) is 11.8 Å².